The Morgan fingerprint density at radius 2 is 1.39 bits per heavy atom. The van der Waals surface area contributed by atoms with Crippen molar-refractivity contribution in [1.82, 2.24) is 10.3 Å². The van der Waals surface area contributed by atoms with Crippen LogP contribution in [0.1, 0.15) is 16.8 Å². The van der Waals surface area contributed by atoms with Gasteiger partial charge in [0.1, 0.15) is 18.1 Å². The van der Waals surface area contributed by atoms with Crippen molar-refractivity contribution in [3.05, 3.63) is 89.7 Å². The first-order chi connectivity index (χ1) is 13.5. The minimum absolute atomic E-state index is 0.206. The second-order valence-corrected chi connectivity index (χ2v) is 5.98. The van der Waals surface area contributed by atoms with Crippen molar-refractivity contribution in [2.45, 2.75) is 26.1 Å². The first-order valence-electron chi connectivity index (χ1n) is 8.66. The van der Waals surface area contributed by atoms with Gasteiger partial charge in [0.15, 0.2) is 0 Å². The SMILES string of the molecule is FC(F)(F)Oc1ccccc1CNCc1ccccc1OCc1ccccn1. The number of pyridine rings is 1. The highest BCUT2D eigenvalue weighted by molar-refractivity contribution is 5.35. The molecule has 0 fully saturated rings. The van der Waals surface area contributed by atoms with Gasteiger partial charge in [0.2, 0.25) is 0 Å². The molecule has 0 spiro atoms. The Morgan fingerprint density at radius 1 is 0.786 bits per heavy atom. The summed E-state index contributed by atoms with van der Waals surface area (Å²) >= 11 is 0. The van der Waals surface area contributed by atoms with Crippen LogP contribution in [0.15, 0.2) is 72.9 Å². The molecule has 0 saturated heterocycles. The van der Waals surface area contributed by atoms with E-state index >= 15 is 0 Å². The number of para-hydroxylation sites is 2. The molecule has 7 heteroatoms. The van der Waals surface area contributed by atoms with Crippen LogP contribution >= 0.6 is 0 Å². The van der Waals surface area contributed by atoms with Gasteiger partial charge in [-0.2, -0.15) is 0 Å². The van der Waals surface area contributed by atoms with E-state index in [0.29, 0.717) is 24.5 Å². The normalized spacial score (nSPS) is 11.2. The monoisotopic (exact) mass is 388 g/mol. The molecule has 1 N–H and O–H groups in total. The third kappa shape index (κ3) is 5.99. The number of alkyl halides is 3. The predicted molar refractivity (Wildman–Crippen MR) is 98.7 cm³/mol. The van der Waals surface area contributed by atoms with Crippen molar-refractivity contribution in [3.63, 3.8) is 0 Å². The number of halogens is 3. The molecule has 1 aromatic heterocycles. The fourth-order valence-electron chi connectivity index (χ4n) is 2.63. The first kappa shape index (κ1) is 19.7. The Kier molecular flexibility index (Phi) is 6.49. The number of hydrogen-bond donors (Lipinski definition) is 1. The zero-order valence-corrected chi connectivity index (χ0v) is 14.9. The van der Waals surface area contributed by atoms with Gasteiger partial charge in [-0.05, 0) is 24.3 Å². The summed E-state index contributed by atoms with van der Waals surface area (Å²) in [4.78, 5) is 4.22. The molecule has 0 amide bonds. The van der Waals surface area contributed by atoms with Gasteiger partial charge in [-0.3, -0.25) is 4.98 Å². The summed E-state index contributed by atoms with van der Waals surface area (Å²) in [6.07, 6.45) is -3.02. The summed E-state index contributed by atoms with van der Waals surface area (Å²) in [5.74, 6) is 0.489. The number of aromatic nitrogens is 1. The second kappa shape index (κ2) is 9.23. The minimum atomic E-state index is -4.72. The van der Waals surface area contributed by atoms with Crippen LogP contribution in [0.2, 0.25) is 0 Å². The number of nitrogens with one attached hydrogen (secondary N) is 1. The van der Waals surface area contributed by atoms with Crippen LogP contribution in [0.3, 0.4) is 0 Å². The lowest BCUT2D eigenvalue weighted by Gasteiger charge is -2.15. The molecule has 2 aromatic carbocycles. The quantitative estimate of drug-likeness (QED) is 0.599. The van der Waals surface area contributed by atoms with Gasteiger partial charge >= 0.3 is 6.36 Å². The van der Waals surface area contributed by atoms with Crippen LogP contribution in [-0.2, 0) is 19.7 Å². The third-order valence-corrected chi connectivity index (χ3v) is 3.90. The Bertz CT molecular complexity index is 886. The van der Waals surface area contributed by atoms with E-state index in [0.717, 1.165) is 11.3 Å². The lowest BCUT2D eigenvalue weighted by Crippen LogP contribution is -2.20. The highest BCUT2D eigenvalue weighted by Gasteiger charge is 2.31. The Labute approximate surface area is 160 Å². The van der Waals surface area contributed by atoms with Crippen LogP contribution in [0, 0.1) is 0 Å². The first-order valence-corrected chi connectivity index (χ1v) is 8.66. The van der Waals surface area contributed by atoms with Gasteiger partial charge < -0.3 is 14.8 Å². The Balaban J connectivity index is 1.60. The molecule has 1 heterocycles. The van der Waals surface area contributed by atoms with E-state index < -0.39 is 6.36 Å². The highest BCUT2D eigenvalue weighted by atomic mass is 19.4. The van der Waals surface area contributed by atoms with Gasteiger partial charge in [-0.1, -0.05) is 42.5 Å². The van der Waals surface area contributed by atoms with Crippen LogP contribution in [0.5, 0.6) is 11.5 Å². The summed E-state index contributed by atoms with van der Waals surface area (Å²) in [5, 5.41) is 3.14. The number of rotatable bonds is 8. The number of benzene rings is 2. The molecule has 0 aliphatic carbocycles. The molecule has 3 aromatic rings. The zero-order chi connectivity index (χ0) is 19.8. The second-order valence-electron chi connectivity index (χ2n) is 5.98. The van der Waals surface area contributed by atoms with Crippen molar-refractivity contribution >= 4 is 0 Å². The average molecular weight is 388 g/mol. The van der Waals surface area contributed by atoms with Crippen molar-refractivity contribution < 1.29 is 22.6 Å². The molecular weight excluding hydrogens is 369 g/mol. The molecule has 0 radical (unpaired) electrons. The Morgan fingerprint density at radius 3 is 2.04 bits per heavy atom. The van der Waals surface area contributed by atoms with Crippen molar-refractivity contribution in [2.24, 2.45) is 0 Å². The molecule has 4 nitrogen and oxygen atoms in total. The number of nitrogens with zero attached hydrogens (tertiary/aromatic N) is 1. The zero-order valence-electron chi connectivity index (χ0n) is 14.9. The molecule has 0 unspecified atom stereocenters. The molecule has 0 bridgehead atoms. The van der Waals surface area contributed by atoms with Crippen molar-refractivity contribution in [2.75, 3.05) is 0 Å². The fourth-order valence-corrected chi connectivity index (χ4v) is 2.63. The average Bonchev–Trinajstić information content (AvgIpc) is 2.68. The lowest BCUT2D eigenvalue weighted by atomic mass is 10.1. The minimum Gasteiger partial charge on any atom is -0.487 e. The highest BCUT2D eigenvalue weighted by Crippen LogP contribution is 2.26. The topological polar surface area (TPSA) is 43.4 Å². The molecule has 3 rings (SSSR count). The largest absolute Gasteiger partial charge is 0.573 e. The van der Waals surface area contributed by atoms with E-state index in [1.165, 1.54) is 12.1 Å². The number of ether oxygens (including phenoxy) is 2. The van der Waals surface area contributed by atoms with E-state index in [1.54, 1.807) is 18.3 Å². The molecule has 0 aliphatic rings. The van der Waals surface area contributed by atoms with E-state index in [-0.39, 0.29) is 12.3 Å². The van der Waals surface area contributed by atoms with E-state index in [1.807, 2.05) is 42.5 Å². The van der Waals surface area contributed by atoms with Gasteiger partial charge in [-0.15, -0.1) is 13.2 Å². The van der Waals surface area contributed by atoms with E-state index in [4.69, 9.17) is 4.74 Å². The maximum absolute atomic E-state index is 12.5. The molecule has 0 atom stereocenters. The van der Waals surface area contributed by atoms with E-state index in [9.17, 15) is 13.2 Å². The van der Waals surface area contributed by atoms with Crippen LogP contribution < -0.4 is 14.8 Å². The molecule has 28 heavy (non-hydrogen) atoms. The smallest absolute Gasteiger partial charge is 0.487 e. The third-order valence-electron chi connectivity index (χ3n) is 3.90. The van der Waals surface area contributed by atoms with E-state index in [2.05, 4.69) is 15.0 Å². The predicted octanol–water partition coefficient (Wildman–Crippen LogP) is 4.85. The number of hydrogen-bond acceptors (Lipinski definition) is 4. The summed E-state index contributed by atoms with van der Waals surface area (Å²) in [6, 6.07) is 19.2. The lowest BCUT2D eigenvalue weighted by molar-refractivity contribution is -0.274. The van der Waals surface area contributed by atoms with Crippen molar-refractivity contribution in [1.29, 1.82) is 0 Å². The van der Waals surface area contributed by atoms with Crippen LogP contribution in [0.4, 0.5) is 13.2 Å². The maximum Gasteiger partial charge on any atom is 0.573 e. The van der Waals surface area contributed by atoms with Crippen LogP contribution in [-0.4, -0.2) is 11.3 Å². The van der Waals surface area contributed by atoms with Gasteiger partial charge in [0, 0.05) is 30.4 Å². The maximum atomic E-state index is 12.5. The summed E-state index contributed by atoms with van der Waals surface area (Å²) < 4.78 is 47.5. The summed E-state index contributed by atoms with van der Waals surface area (Å²) in [6.45, 7) is 0.986. The Hall–Kier alpha value is -3.06. The van der Waals surface area contributed by atoms with Gasteiger partial charge in [0.05, 0.1) is 5.69 Å². The van der Waals surface area contributed by atoms with Crippen molar-refractivity contribution in [3.8, 4) is 11.5 Å². The standard InChI is InChI=1S/C21H19F3N2O2/c22-21(23,24)28-20-11-4-2-8-17(20)14-25-13-16-7-1-3-10-19(16)27-15-18-9-5-6-12-26-18/h1-12,25H,13-15H2. The van der Waals surface area contributed by atoms with Gasteiger partial charge in [-0.25, -0.2) is 0 Å². The molecule has 0 aliphatic heterocycles. The molecule has 0 saturated carbocycles. The molecular formula is C21H19F3N2O2. The van der Waals surface area contributed by atoms with Gasteiger partial charge in [0.25, 0.3) is 0 Å². The fraction of sp³-hybridized carbons (Fsp3) is 0.190. The summed E-state index contributed by atoms with van der Waals surface area (Å²) in [7, 11) is 0. The van der Waals surface area contributed by atoms with Crippen LogP contribution in [0.25, 0.3) is 0 Å². The summed E-state index contributed by atoms with van der Waals surface area (Å²) in [5.41, 5.74) is 2.13. The molecule has 146 valence electrons.